The first kappa shape index (κ1) is 12.8. The van der Waals surface area contributed by atoms with E-state index in [1.807, 2.05) is 24.3 Å². The van der Waals surface area contributed by atoms with Crippen molar-refractivity contribution >= 4 is 21.8 Å². The molecule has 94 valence electrons. The minimum absolute atomic E-state index is 0.136. The van der Waals surface area contributed by atoms with Crippen LogP contribution < -0.4 is 0 Å². The van der Waals surface area contributed by atoms with Gasteiger partial charge < -0.3 is 4.90 Å². The largest absolute Gasteiger partial charge is 0.336 e. The van der Waals surface area contributed by atoms with Crippen LogP contribution in [-0.4, -0.2) is 32.8 Å². The van der Waals surface area contributed by atoms with Crippen LogP contribution in [0.4, 0.5) is 0 Å². The summed E-state index contributed by atoms with van der Waals surface area (Å²) in [5.41, 5.74) is 1.42. The second-order valence-corrected chi connectivity index (χ2v) is 4.93. The van der Waals surface area contributed by atoms with Crippen molar-refractivity contribution in [2.45, 2.75) is 6.54 Å². The number of hydrogen-bond acceptors (Lipinski definition) is 3. The highest BCUT2D eigenvalue weighted by molar-refractivity contribution is 9.10. The van der Waals surface area contributed by atoms with Gasteiger partial charge in [-0.05, 0) is 17.7 Å². The second-order valence-electron chi connectivity index (χ2n) is 4.01. The SMILES string of the molecule is CN(Cc1cccc(Br)c1)C(=O)c1cnn(C)n1. The van der Waals surface area contributed by atoms with Crippen molar-refractivity contribution in [2.24, 2.45) is 7.05 Å². The maximum atomic E-state index is 12.0. The van der Waals surface area contributed by atoms with Crippen LogP contribution in [-0.2, 0) is 13.6 Å². The van der Waals surface area contributed by atoms with E-state index in [2.05, 4.69) is 26.1 Å². The number of hydrogen-bond donors (Lipinski definition) is 0. The quantitative estimate of drug-likeness (QED) is 0.869. The zero-order valence-electron chi connectivity index (χ0n) is 10.2. The smallest absolute Gasteiger partial charge is 0.276 e. The van der Waals surface area contributed by atoms with Crippen LogP contribution in [0.5, 0.6) is 0 Å². The Bertz CT molecular complexity index is 567. The highest BCUT2D eigenvalue weighted by atomic mass is 79.9. The van der Waals surface area contributed by atoms with Gasteiger partial charge in [0.1, 0.15) is 0 Å². The van der Waals surface area contributed by atoms with Gasteiger partial charge in [0.25, 0.3) is 5.91 Å². The van der Waals surface area contributed by atoms with Gasteiger partial charge in [-0.25, -0.2) is 0 Å². The minimum Gasteiger partial charge on any atom is -0.336 e. The van der Waals surface area contributed by atoms with Crippen LogP contribution in [0, 0.1) is 0 Å². The zero-order valence-corrected chi connectivity index (χ0v) is 11.8. The minimum atomic E-state index is -0.136. The Morgan fingerprint density at radius 1 is 1.50 bits per heavy atom. The van der Waals surface area contributed by atoms with Gasteiger partial charge in [-0.1, -0.05) is 28.1 Å². The summed E-state index contributed by atoms with van der Waals surface area (Å²) in [6.07, 6.45) is 1.47. The molecule has 0 bridgehead atoms. The van der Waals surface area contributed by atoms with E-state index in [-0.39, 0.29) is 5.91 Å². The topological polar surface area (TPSA) is 51.0 Å². The summed E-state index contributed by atoms with van der Waals surface area (Å²) in [5, 5.41) is 7.89. The van der Waals surface area contributed by atoms with Crippen LogP contribution in [0.25, 0.3) is 0 Å². The lowest BCUT2D eigenvalue weighted by Gasteiger charge is -2.15. The molecule has 0 aliphatic heterocycles. The number of nitrogens with zero attached hydrogens (tertiary/aromatic N) is 4. The molecule has 18 heavy (non-hydrogen) atoms. The Morgan fingerprint density at radius 2 is 2.28 bits per heavy atom. The lowest BCUT2D eigenvalue weighted by Crippen LogP contribution is -2.26. The van der Waals surface area contributed by atoms with Gasteiger partial charge in [0, 0.05) is 25.1 Å². The van der Waals surface area contributed by atoms with E-state index in [4.69, 9.17) is 0 Å². The number of halogens is 1. The molecule has 2 aromatic rings. The molecule has 0 aliphatic carbocycles. The van der Waals surface area contributed by atoms with Gasteiger partial charge in [-0.2, -0.15) is 9.90 Å². The number of aromatic nitrogens is 3. The average Bonchev–Trinajstić information content (AvgIpc) is 2.75. The van der Waals surface area contributed by atoms with E-state index in [0.717, 1.165) is 10.0 Å². The molecule has 2 rings (SSSR count). The summed E-state index contributed by atoms with van der Waals surface area (Å²) in [6.45, 7) is 0.537. The van der Waals surface area contributed by atoms with Gasteiger partial charge in [0.15, 0.2) is 5.69 Å². The standard InChI is InChI=1S/C12H13BrN4O/c1-16(8-9-4-3-5-10(13)6-9)12(18)11-7-14-17(2)15-11/h3-7H,8H2,1-2H3. The average molecular weight is 309 g/mol. The lowest BCUT2D eigenvalue weighted by molar-refractivity contribution is 0.0778. The molecule has 1 heterocycles. The Morgan fingerprint density at radius 3 is 2.89 bits per heavy atom. The molecule has 0 radical (unpaired) electrons. The maximum Gasteiger partial charge on any atom is 0.276 e. The molecule has 0 atom stereocenters. The van der Waals surface area contributed by atoms with Crippen LogP contribution in [0.2, 0.25) is 0 Å². The molecule has 0 spiro atoms. The van der Waals surface area contributed by atoms with Crippen molar-refractivity contribution < 1.29 is 4.79 Å². The summed E-state index contributed by atoms with van der Waals surface area (Å²) in [4.78, 5) is 15.0. The molecule has 5 nitrogen and oxygen atoms in total. The first-order valence-corrected chi connectivity index (χ1v) is 6.22. The third kappa shape index (κ3) is 2.95. The van der Waals surface area contributed by atoms with Gasteiger partial charge in [0.05, 0.1) is 6.20 Å². The van der Waals surface area contributed by atoms with Crippen molar-refractivity contribution in [3.05, 3.63) is 46.2 Å². The predicted octanol–water partition coefficient (Wildman–Crippen LogP) is 1.85. The van der Waals surface area contributed by atoms with E-state index in [9.17, 15) is 4.79 Å². The van der Waals surface area contributed by atoms with Crippen molar-refractivity contribution in [3.63, 3.8) is 0 Å². The molecule has 1 aromatic carbocycles. The van der Waals surface area contributed by atoms with Crippen LogP contribution in [0.15, 0.2) is 34.9 Å². The molecular weight excluding hydrogens is 296 g/mol. The number of carbonyl (C=O) groups is 1. The molecule has 1 aromatic heterocycles. The maximum absolute atomic E-state index is 12.0. The number of carbonyl (C=O) groups excluding carboxylic acids is 1. The number of amides is 1. The fourth-order valence-electron chi connectivity index (χ4n) is 1.62. The Balaban J connectivity index is 2.08. The summed E-state index contributed by atoms with van der Waals surface area (Å²) < 4.78 is 1.00. The zero-order chi connectivity index (χ0) is 13.1. The normalized spacial score (nSPS) is 10.4. The summed E-state index contributed by atoms with van der Waals surface area (Å²) in [5.74, 6) is -0.136. The van der Waals surface area contributed by atoms with Crippen molar-refractivity contribution in [1.29, 1.82) is 0 Å². The highest BCUT2D eigenvalue weighted by Crippen LogP contribution is 2.13. The Labute approximate surface area is 114 Å². The number of aryl methyl sites for hydroxylation is 1. The third-order valence-corrected chi connectivity index (χ3v) is 2.97. The first-order chi connectivity index (χ1) is 8.56. The highest BCUT2D eigenvalue weighted by Gasteiger charge is 2.15. The van der Waals surface area contributed by atoms with E-state index >= 15 is 0 Å². The number of benzene rings is 1. The van der Waals surface area contributed by atoms with E-state index < -0.39 is 0 Å². The Kier molecular flexibility index (Phi) is 3.76. The molecule has 0 N–H and O–H groups in total. The fourth-order valence-corrected chi connectivity index (χ4v) is 2.07. The first-order valence-electron chi connectivity index (χ1n) is 5.42. The second kappa shape index (κ2) is 5.30. The van der Waals surface area contributed by atoms with Crippen molar-refractivity contribution in [2.75, 3.05) is 7.05 Å². The predicted molar refractivity (Wildman–Crippen MR) is 70.9 cm³/mol. The lowest BCUT2D eigenvalue weighted by atomic mass is 10.2. The Hall–Kier alpha value is -1.69. The fraction of sp³-hybridized carbons (Fsp3) is 0.250. The molecule has 0 saturated carbocycles. The summed E-state index contributed by atoms with van der Waals surface area (Å²) in [7, 11) is 3.43. The van der Waals surface area contributed by atoms with Gasteiger partial charge in [-0.15, -0.1) is 5.10 Å². The van der Waals surface area contributed by atoms with Gasteiger partial charge in [0.2, 0.25) is 0 Å². The molecule has 0 fully saturated rings. The monoisotopic (exact) mass is 308 g/mol. The van der Waals surface area contributed by atoms with Crippen LogP contribution >= 0.6 is 15.9 Å². The van der Waals surface area contributed by atoms with Crippen molar-refractivity contribution in [1.82, 2.24) is 19.9 Å². The molecule has 0 unspecified atom stereocenters. The number of rotatable bonds is 3. The molecule has 6 heteroatoms. The van der Waals surface area contributed by atoms with E-state index in [0.29, 0.717) is 12.2 Å². The third-order valence-electron chi connectivity index (χ3n) is 2.47. The van der Waals surface area contributed by atoms with Crippen LogP contribution in [0.3, 0.4) is 0 Å². The molecule has 1 amide bonds. The van der Waals surface area contributed by atoms with Gasteiger partial charge >= 0.3 is 0 Å². The summed E-state index contributed by atoms with van der Waals surface area (Å²) >= 11 is 3.41. The van der Waals surface area contributed by atoms with Crippen LogP contribution in [0.1, 0.15) is 16.1 Å². The molecule has 0 saturated heterocycles. The van der Waals surface area contributed by atoms with Crippen molar-refractivity contribution in [3.8, 4) is 0 Å². The molecular formula is C12H13BrN4O. The van der Waals surface area contributed by atoms with E-state index in [1.54, 1.807) is 19.0 Å². The summed E-state index contributed by atoms with van der Waals surface area (Å²) in [6, 6.07) is 7.86. The van der Waals surface area contributed by atoms with E-state index in [1.165, 1.54) is 11.0 Å². The van der Waals surface area contributed by atoms with Gasteiger partial charge in [-0.3, -0.25) is 4.79 Å². The molecule has 0 aliphatic rings.